The fourth-order valence-corrected chi connectivity index (χ4v) is 2.50. The van der Waals surface area contributed by atoms with Crippen LogP contribution in [0, 0.1) is 0 Å². The van der Waals surface area contributed by atoms with Crippen LogP contribution < -0.4 is 0 Å². The first-order chi connectivity index (χ1) is 11.2. The van der Waals surface area contributed by atoms with Crippen molar-refractivity contribution in [2.24, 2.45) is 0 Å². The molecule has 2 aromatic rings. The highest BCUT2D eigenvalue weighted by Gasteiger charge is 2.20. The molecule has 0 saturated heterocycles. The second-order valence-electron chi connectivity index (χ2n) is 5.33. The third-order valence-corrected chi connectivity index (χ3v) is 3.78. The van der Waals surface area contributed by atoms with Crippen molar-refractivity contribution in [3.8, 4) is 0 Å². The topological polar surface area (TPSA) is 46.5 Å². The van der Waals surface area contributed by atoms with Crippen molar-refractivity contribution >= 4 is 5.97 Å². The Morgan fingerprint density at radius 2 is 1.74 bits per heavy atom. The second kappa shape index (κ2) is 8.30. The van der Waals surface area contributed by atoms with Crippen molar-refractivity contribution in [2.75, 3.05) is 7.11 Å². The maximum atomic E-state index is 11.5. The number of benzene rings is 2. The van der Waals surface area contributed by atoms with E-state index < -0.39 is 6.10 Å². The molecule has 0 unspecified atom stereocenters. The Labute approximate surface area is 137 Å². The lowest BCUT2D eigenvalue weighted by atomic mass is 9.88. The summed E-state index contributed by atoms with van der Waals surface area (Å²) in [5.41, 5.74) is 2.30. The fraction of sp³-hybridized carbons (Fsp3) is 0.250. The number of aliphatic hydroxyl groups is 1. The third kappa shape index (κ3) is 4.30. The lowest BCUT2D eigenvalue weighted by Crippen LogP contribution is -2.09. The molecule has 2 aromatic carbocycles. The number of rotatable bonds is 6. The van der Waals surface area contributed by atoms with Gasteiger partial charge in [-0.1, -0.05) is 61.5 Å². The van der Waals surface area contributed by atoms with E-state index in [1.807, 2.05) is 36.4 Å². The van der Waals surface area contributed by atoms with E-state index in [0.717, 1.165) is 17.5 Å². The highest BCUT2D eigenvalue weighted by molar-refractivity contribution is 5.89. The van der Waals surface area contributed by atoms with E-state index in [1.54, 1.807) is 24.3 Å². The summed E-state index contributed by atoms with van der Waals surface area (Å²) in [5, 5.41) is 10.8. The van der Waals surface area contributed by atoms with E-state index in [0.29, 0.717) is 5.56 Å². The molecule has 2 rings (SSSR count). The Morgan fingerprint density at radius 1 is 1.09 bits per heavy atom. The van der Waals surface area contributed by atoms with E-state index in [-0.39, 0.29) is 11.9 Å². The standard InChI is InChI=1S/C20H22O3/c1-3-4-10-18(15-8-6-5-7-9-15)19(21)16-11-13-17(14-12-16)20(22)23-2/h4-14,18-19,21H,3H2,1-2H3/t18-,19-/m1/s1. The maximum Gasteiger partial charge on any atom is 0.337 e. The van der Waals surface area contributed by atoms with E-state index in [9.17, 15) is 9.90 Å². The monoisotopic (exact) mass is 310 g/mol. The summed E-state index contributed by atoms with van der Waals surface area (Å²) in [6, 6.07) is 16.8. The summed E-state index contributed by atoms with van der Waals surface area (Å²) >= 11 is 0. The Balaban J connectivity index is 2.28. The highest BCUT2D eigenvalue weighted by atomic mass is 16.5. The number of esters is 1. The first-order valence-corrected chi connectivity index (χ1v) is 7.75. The van der Waals surface area contributed by atoms with Crippen LogP contribution in [0.5, 0.6) is 0 Å². The van der Waals surface area contributed by atoms with Gasteiger partial charge in [0.25, 0.3) is 0 Å². The zero-order valence-electron chi connectivity index (χ0n) is 13.5. The summed E-state index contributed by atoms with van der Waals surface area (Å²) in [4.78, 5) is 11.5. The number of hydrogen-bond donors (Lipinski definition) is 1. The van der Waals surface area contributed by atoms with Gasteiger partial charge >= 0.3 is 5.97 Å². The molecule has 0 aromatic heterocycles. The quantitative estimate of drug-likeness (QED) is 0.640. The molecule has 1 N–H and O–H groups in total. The van der Waals surface area contributed by atoms with E-state index in [2.05, 4.69) is 13.0 Å². The SMILES string of the molecule is CCC=C[C@H](c1ccccc1)[C@H](O)c1ccc(C(=O)OC)cc1. The molecule has 0 saturated carbocycles. The van der Waals surface area contributed by atoms with Crippen molar-refractivity contribution in [2.45, 2.75) is 25.4 Å². The largest absolute Gasteiger partial charge is 0.465 e. The first kappa shape index (κ1) is 17.0. The molecule has 2 atom stereocenters. The van der Waals surface area contributed by atoms with Gasteiger partial charge < -0.3 is 9.84 Å². The molecule has 0 aliphatic rings. The van der Waals surface area contributed by atoms with Crippen LogP contribution in [0.4, 0.5) is 0 Å². The highest BCUT2D eigenvalue weighted by Crippen LogP contribution is 2.32. The minimum absolute atomic E-state index is 0.125. The summed E-state index contributed by atoms with van der Waals surface area (Å²) in [5.74, 6) is -0.503. The minimum atomic E-state index is -0.674. The molecular weight excluding hydrogens is 288 g/mol. The van der Waals surface area contributed by atoms with Crippen LogP contribution in [0.25, 0.3) is 0 Å². The Hall–Kier alpha value is -2.39. The zero-order valence-corrected chi connectivity index (χ0v) is 13.5. The molecule has 0 spiro atoms. The Kier molecular flexibility index (Phi) is 6.12. The predicted molar refractivity (Wildman–Crippen MR) is 91.4 cm³/mol. The molecule has 0 fully saturated rings. The predicted octanol–water partition coefficient (Wildman–Crippen LogP) is 4.26. The van der Waals surface area contributed by atoms with Gasteiger partial charge in [0.15, 0.2) is 0 Å². The number of hydrogen-bond acceptors (Lipinski definition) is 3. The molecule has 0 aliphatic carbocycles. The number of ether oxygens (including phenoxy) is 1. The third-order valence-electron chi connectivity index (χ3n) is 3.78. The van der Waals surface area contributed by atoms with Gasteiger partial charge in [0.05, 0.1) is 18.8 Å². The Bertz CT molecular complexity index is 644. The number of allylic oxidation sites excluding steroid dienone is 1. The molecule has 3 nitrogen and oxygen atoms in total. The van der Waals surface area contributed by atoms with Crippen LogP contribution >= 0.6 is 0 Å². The van der Waals surface area contributed by atoms with Gasteiger partial charge in [-0.2, -0.15) is 0 Å². The number of aliphatic hydroxyl groups excluding tert-OH is 1. The van der Waals surface area contributed by atoms with E-state index in [4.69, 9.17) is 4.74 Å². The average molecular weight is 310 g/mol. The summed E-state index contributed by atoms with van der Waals surface area (Å²) in [7, 11) is 1.35. The van der Waals surface area contributed by atoms with Gasteiger partial charge in [0.2, 0.25) is 0 Å². The summed E-state index contributed by atoms with van der Waals surface area (Å²) in [6.07, 6.45) is 4.34. The van der Waals surface area contributed by atoms with Crippen LogP contribution in [0.15, 0.2) is 66.7 Å². The molecule has 0 aliphatic heterocycles. The molecule has 0 radical (unpaired) electrons. The molecular formula is C20H22O3. The van der Waals surface area contributed by atoms with Gasteiger partial charge in [-0.25, -0.2) is 4.79 Å². The lowest BCUT2D eigenvalue weighted by Gasteiger charge is -2.21. The van der Waals surface area contributed by atoms with Crippen LogP contribution in [0.1, 0.15) is 46.9 Å². The van der Waals surface area contributed by atoms with Crippen molar-refractivity contribution in [3.63, 3.8) is 0 Å². The summed E-state index contributed by atoms with van der Waals surface area (Å²) < 4.78 is 4.69. The minimum Gasteiger partial charge on any atom is -0.465 e. The van der Waals surface area contributed by atoms with Crippen LogP contribution in [-0.4, -0.2) is 18.2 Å². The van der Waals surface area contributed by atoms with E-state index in [1.165, 1.54) is 7.11 Å². The van der Waals surface area contributed by atoms with Crippen LogP contribution in [-0.2, 0) is 4.74 Å². The normalized spacial score (nSPS) is 13.7. The zero-order chi connectivity index (χ0) is 16.7. The second-order valence-corrected chi connectivity index (χ2v) is 5.33. The number of methoxy groups -OCH3 is 1. The fourth-order valence-electron chi connectivity index (χ4n) is 2.50. The van der Waals surface area contributed by atoms with Crippen LogP contribution in [0.3, 0.4) is 0 Å². The van der Waals surface area contributed by atoms with Gasteiger partial charge in [-0.15, -0.1) is 0 Å². The first-order valence-electron chi connectivity index (χ1n) is 7.75. The smallest absolute Gasteiger partial charge is 0.337 e. The maximum absolute atomic E-state index is 11.5. The summed E-state index contributed by atoms with van der Waals surface area (Å²) in [6.45, 7) is 2.07. The molecule has 120 valence electrons. The molecule has 3 heteroatoms. The lowest BCUT2D eigenvalue weighted by molar-refractivity contribution is 0.0600. The van der Waals surface area contributed by atoms with E-state index >= 15 is 0 Å². The van der Waals surface area contributed by atoms with Crippen LogP contribution in [0.2, 0.25) is 0 Å². The molecule has 0 heterocycles. The van der Waals surface area contributed by atoms with Gasteiger partial charge in [0.1, 0.15) is 0 Å². The molecule has 0 amide bonds. The molecule has 0 bridgehead atoms. The van der Waals surface area contributed by atoms with Crippen molar-refractivity contribution in [1.29, 1.82) is 0 Å². The Morgan fingerprint density at radius 3 is 2.30 bits per heavy atom. The number of carbonyl (C=O) groups is 1. The van der Waals surface area contributed by atoms with Gasteiger partial charge in [-0.05, 0) is 29.7 Å². The average Bonchev–Trinajstić information content (AvgIpc) is 2.62. The number of carbonyl (C=O) groups excluding carboxylic acids is 1. The van der Waals surface area contributed by atoms with Gasteiger partial charge in [0, 0.05) is 5.92 Å². The van der Waals surface area contributed by atoms with Gasteiger partial charge in [-0.3, -0.25) is 0 Å². The molecule has 23 heavy (non-hydrogen) atoms. The van der Waals surface area contributed by atoms with Crippen molar-refractivity contribution in [1.82, 2.24) is 0 Å². The van der Waals surface area contributed by atoms with Crippen molar-refractivity contribution < 1.29 is 14.6 Å². The van der Waals surface area contributed by atoms with Crippen molar-refractivity contribution in [3.05, 3.63) is 83.4 Å².